The molecule has 0 bridgehead atoms. The Bertz CT molecular complexity index is 279. The highest BCUT2D eigenvalue weighted by Gasteiger charge is 2.46. The number of likely N-dealkylation sites (tertiary alicyclic amines) is 1. The maximum atomic E-state index is 11.0. The van der Waals surface area contributed by atoms with E-state index in [0.29, 0.717) is 0 Å². The number of aliphatic carboxylic acids is 1. The molecule has 2 fully saturated rings. The number of hydrogen-bond acceptors (Lipinski definition) is 4. The SMILES string of the molecule is O=C(O)CC1(N2CCCCCC2CO)CNC1. The van der Waals surface area contributed by atoms with Crippen LogP contribution in [-0.2, 0) is 4.79 Å². The molecule has 0 spiro atoms. The van der Waals surface area contributed by atoms with Crippen LogP contribution in [-0.4, -0.2) is 58.9 Å². The highest BCUT2D eigenvalue weighted by atomic mass is 16.4. The topological polar surface area (TPSA) is 72.8 Å². The maximum absolute atomic E-state index is 11.0. The van der Waals surface area contributed by atoms with Crippen LogP contribution in [0.3, 0.4) is 0 Å². The second-order valence-electron chi connectivity index (χ2n) is 5.28. The molecule has 0 aromatic carbocycles. The standard InChI is InChI=1S/C12H22N2O3/c15-7-10-4-2-1-3-5-14(10)12(6-11(16)17)8-13-9-12/h10,13,15H,1-9H2,(H,16,17). The maximum Gasteiger partial charge on any atom is 0.305 e. The molecule has 1 atom stereocenters. The summed E-state index contributed by atoms with van der Waals surface area (Å²) in [6.45, 7) is 2.52. The van der Waals surface area contributed by atoms with E-state index in [2.05, 4.69) is 10.2 Å². The predicted octanol–water partition coefficient (Wildman–Crippen LogP) is 0.0400. The number of rotatable bonds is 4. The van der Waals surface area contributed by atoms with Gasteiger partial charge in [-0.3, -0.25) is 9.69 Å². The summed E-state index contributed by atoms with van der Waals surface area (Å²) in [5.41, 5.74) is -0.260. The highest BCUT2D eigenvalue weighted by molar-refractivity contribution is 5.69. The van der Waals surface area contributed by atoms with Crippen LogP contribution < -0.4 is 5.32 Å². The number of carboxylic acids is 1. The largest absolute Gasteiger partial charge is 0.481 e. The van der Waals surface area contributed by atoms with Crippen LogP contribution in [0.2, 0.25) is 0 Å². The molecule has 5 nitrogen and oxygen atoms in total. The fourth-order valence-electron chi connectivity index (χ4n) is 3.12. The quantitative estimate of drug-likeness (QED) is 0.649. The third-order valence-electron chi connectivity index (χ3n) is 4.09. The molecule has 0 aromatic heterocycles. The number of nitrogens with one attached hydrogen (secondary N) is 1. The molecular weight excluding hydrogens is 220 g/mol. The molecule has 0 aliphatic carbocycles. The molecule has 2 heterocycles. The van der Waals surface area contributed by atoms with Crippen molar-refractivity contribution in [1.29, 1.82) is 0 Å². The molecule has 0 amide bonds. The van der Waals surface area contributed by atoms with E-state index in [9.17, 15) is 9.90 Å². The van der Waals surface area contributed by atoms with Crippen LogP contribution in [0.5, 0.6) is 0 Å². The Kier molecular flexibility index (Phi) is 4.01. The van der Waals surface area contributed by atoms with Crippen molar-refractivity contribution < 1.29 is 15.0 Å². The van der Waals surface area contributed by atoms with E-state index in [4.69, 9.17) is 5.11 Å². The lowest BCUT2D eigenvalue weighted by Crippen LogP contribution is -2.71. The van der Waals surface area contributed by atoms with E-state index in [0.717, 1.165) is 38.9 Å². The summed E-state index contributed by atoms with van der Waals surface area (Å²) < 4.78 is 0. The molecule has 2 aliphatic rings. The average Bonchev–Trinajstić information content (AvgIpc) is 2.48. The van der Waals surface area contributed by atoms with Gasteiger partial charge in [0.1, 0.15) is 0 Å². The highest BCUT2D eigenvalue weighted by Crippen LogP contribution is 2.31. The van der Waals surface area contributed by atoms with Gasteiger partial charge >= 0.3 is 5.97 Å². The summed E-state index contributed by atoms with van der Waals surface area (Å²) in [7, 11) is 0. The Hall–Kier alpha value is -0.650. The zero-order chi connectivity index (χ0) is 12.3. The van der Waals surface area contributed by atoms with Gasteiger partial charge in [-0.25, -0.2) is 0 Å². The third-order valence-corrected chi connectivity index (χ3v) is 4.09. The van der Waals surface area contributed by atoms with E-state index in [1.54, 1.807) is 0 Å². The fraction of sp³-hybridized carbons (Fsp3) is 0.917. The number of nitrogens with zero attached hydrogens (tertiary/aromatic N) is 1. The van der Waals surface area contributed by atoms with Gasteiger partial charge in [-0.15, -0.1) is 0 Å². The van der Waals surface area contributed by atoms with Crippen molar-refractivity contribution in [3.05, 3.63) is 0 Å². The molecule has 0 saturated carbocycles. The normalized spacial score (nSPS) is 29.4. The molecule has 2 rings (SSSR count). The van der Waals surface area contributed by atoms with Crippen molar-refractivity contribution in [2.24, 2.45) is 0 Å². The summed E-state index contributed by atoms with van der Waals surface area (Å²) >= 11 is 0. The number of aliphatic hydroxyl groups excluding tert-OH is 1. The first-order valence-electron chi connectivity index (χ1n) is 6.48. The second-order valence-corrected chi connectivity index (χ2v) is 5.28. The van der Waals surface area contributed by atoms with Crippen LogP contribution in [0.4, 0.5) is 0 Å². The summed E-state index contributed by atoms with van der Waals surface area (Å²) in [5, 5.41) is 21.7. The minimum Gasteiger partial charge on any atom is -0.481 e. The summed E-state index contributed by atoms with van der Waals surface area (Å²) in [6.07, 6.45) is 4.59. The van der Waals surface area contributed by atoms with Gasteiger partial charge < -0.3 is 15.5 Å². The van der Waals surface area contributed by atoms with E-state index in [1.807, 2.05) is 0 Å². The lowest BCUT2D eigenvalue weighted by molar-refractivity contribution is -0.143. The number of carboxylic acid groups (broad SMARTS) is 1. The molecule has 2 aliphatic heterocycles. The first-order chi connectivity index (χ1) is 8.18. The summed E-state index contributed by atoms with van der Waals surface area (Å²) in [5.74, 6) is -0.743. The van der Waals surface area contributed by atoms with E-state index >= 15 is 0 Å². The lowest BCUT2D eigenvalue weighted by Gasteiger charge is -2.52. The Morgan fingerprint density at radius 2 is 2.12 bits per heavy atom. The zero-order valence-electron chi connectivity index (χ0n) is 10.2. The smallest absolute Gasteiger partial charge is 0.305 e. The Labute approximate surface area is 102 Å². The Morgan fingerprint density at radius 1 is 1.35 bits per heavy atom. The van der Waals surface area contributed by atoms with E-state index in [-0.39, 0.29) is 24.6 Å². The summed E-state index contributed by atoms with van der Waals surface area (Å²) in [6, 6.07) is 0.138. The number of hydrogen-bond donors (Lipinski definition) is 3. The minimum absolute atomic E-state index is 0.138. The second kappa shape index (κ2) is 5.33. The molecule has 2 saturated heterocycles. The number of aliphatic hydroxyl groups is 1. The van der Waals surface area contributed by atoms with Crippen LogP contribution >= 0.6 is 0 Å². The van der Waals surface area contributed by atoms with Gasteiger partial charge in [-0.2, -0.15) is 0 Å². The van der Waals surface area contributed by atoms with Gasteiger partial charge in [0.15, 0.2) is 0 Å². The third kappa shape index (κ3) is 2.61. The molecule has 3 N–H and O–H groups in total. The van der Waals surface area contributed by atoms with Crippen LogP contribution in [0.15, 0.2) is 0 Å². The molecule has 0 aromatic rings. The van der Waals surface area contributed by atoms with E-state index in [1.165, 1.54) is 6.42 Å². The molecule has 0 radical (unpaired) electrons. The zero-order valence-corrected chi connectivity index (χ0v) is 10.2. The van der Waals surface area contributed by atoms with Crippen molar-refractivity contribution in [3.63, 3.8) is 0 Å². The van der Waals surface area contributed by atoms with Crippen molar-refractivity contribution in [2.75, 3.05) is 26.2 Å². The monoisotopic (exact) mass is 242 g/mol. The van der Waals surface area contributed by atoms with Crippen molar-refractivity contribution in [1.82, 2.24) is 10.2 Å². The summed E-state index contributed by atoms with van der Waals surface area (Å²) in [4.78, 5) is 13.3. The molecule has 5 heteroatoms. The van der Waals surface area contributed by atoms with Crippen molar-refractivity contribution in [2.45, 2.75) is 43.7 Å². The predicted molar refractivity (Wildman–Crippen MR) is 63.9 cm³/mol. The molecule has 98 valence electrons. The van der Waals surface area contributed by atoms with Gasteiger partial charge in [0, 0.05) is 19.1 Å². The number of carbonyl (C=O) groups is 1. The minimum atomic E-state index is -0.743. The van der Waals surface area contributed by atoms with Crippen LogP contribution in [0, 0.1) is 0 Å². The Balaban J connectivity index is 2.12. The van der Waals surface area contributed by atoms with Gasteiger partial charge in [0.25, 0.3) is 0 Å². The first-order valence-corrected chi connectivity index (χ1v) is 6.48. The average molecular weight is 242 g/mol. The van der Waals surface area contributed by atoms with Crippen LogP contribution in [0.1, 0.15) is 32.1 Å². The van der Waals surface area contributed by atoms with Gasteiger partial charge in [-0.05, 0) is 19.4 Å². The van der Waals surface area contributed by atoms with Gasteiger partial charge in [0.2, 0.25) is 0 Å². The van der Waals surface area contributed by atoms with Gasteiger partial charge in [0.05, 0.1) is 18.6 Å². The van der Waals surface area contributed by atoms with Crippen molar-refractivity contribution >= 4 is 5.97 Å². The van der Waals surface area contributed by atoms with Gasteiger partial charge in [-0.1, -0.05) is 12.8 Å². The lowest BCUT2D eigenvalue weighted by atomic mass is 9.84. The molecular formula is C12H22N2O3. The molecule has 17 heavy (non-hydrogen) atoms. The first kappa shape index (κ1) is 12.8. The fourth-order valence-corrected chi connectivity index (χ4v) is 3.12. The molecule has 1 unspecified atom stereocenters. The van der Waals surface area contributed by atoms with Crippen molar-refractivity contribution in [3.8, 4) is 0 Å². The Morgan fingerprint density at radius 3 is 2.65 bits per heavy atom. The van der Waals surface area contributed by atoms with Crippen LogP contribution in [0.25, 0.3) is 0 Å². The van der Waals surface area contributed by atoms with E-state index < -0.39 is 5.97 Å².